The molecular weight excluding hydrogens is 449 g/mol. The SMILES string of the molecule is CCNC(=O)C(CC)N(Cc1ccc(F)cc1)C(=O)CN(c1ccc(OC)cc1)S(C)(=O)=O. The summed E-state index contributed by atoms with van der Waals surface area (Å²) in [7, 11) is -2.32. The lowest BCUT2D eigenvalue weighted by Crippen LogP contribution is -2.52. The average molecular weight is 480 g/mol. The van der Waals surface area contributed by atoms with E-state index in [2.05, 4.69) is 5.32 Å². The van der Waals surface area contributed by atoms with E-state index >= 15 is 0 Å². The summed E-state index contributed by atoms with van der Waals surface area (Å²) in [6.45, 7) is 3.45. The molecule has 1 atom stereocenters. The molecule has 0 radical (unpaired) electrons. The lowest BCUT2D eigenvalue weighted by molar-refractivity contribution is -0.140. The second kappa shape index (κ2) is 11.6. The molecule has 33 heavy (non-hydrogen) atoms. The summed E-state index contributed by atoms with van der Waals surface area (Å²) in [6.07, 6.45) is 1.33. The van der Waals surface area contributed by atoms with Crippen LogP contribution in [0.3, 0.4) is 0 Å². The topological polar surface area (TPSA) is 96.0 Å². The number of nitrogens with one attached hydrogen (secondary N) is 1. The Morgan fingerprint density at radius 1 is 1.06 bits per heavy atom. The van der Waals surface area contributed by atoms with E-state index in [0.717, 1.165) is 10.6 Å². The van der Waals surface area contributed by atoms with E-state index in [9.17, 15) is 22.4 Å². The molecule has 0 saturated carbocycles. The number of sulfonamides is 1. The summed E-state index contributed by atoms with van der Waals surface area (Å²) >= 11 is 0. The van der Waals surface area contributed by atoms with E-state index in [-0.39, 0.29) is 12.5 Å². The van der Waals surface area contributed by atoms with Gasteiger partial charge in [-0.1, -0.05) is 19.1 Å². The summed E-state index contributed by atoms with van der Waals surface area (Å²) in [6, 6.07) is 11.0. The van der Waals surface area contributed by atoms with Gasteiger partial charge < -0.3 is 15.0 Å². The van der Waals surface area contributed by atoms with Gasteiger partial charge >= 0.3 is 0 Å². The number of ether oxygens (including phenoxy) is 1. The van der Waals surface area contributed by atoms with Gasteiger partial charge in [-0.2, -0.15) is 0 Å². The number of carbonyl (C=O) groups is 2. The molecule has 2 amide bonds. The van der Waals surface area contributed by atoms with Crippen molar-refractivity contribution in [2.24, 2.45) is 0 Å². The molecule has 1 N–H and O–H groups in total. The largest absolute Gasteiger partial charge is 0.497 e. The van der Waals surface area contributed by atoms with Crippen LogP contribution in [-0.4, -0.2) is 57.6 Å². The van der Waals surface area contributed by atoms with E-state index in [1.165, 1.54) is 36.3 Å². The van der Waals surface area contributed by atoms with E-state index in [4.69, 9.17) is 4.74 Å². The highest BCUT2D eigenvalue weighted by Gasteiger charge is 2.31. The third-order valence-electron chi connectivity index (χ3n) is 5.04. The molecule has 0 bridgehead atoms. The maximum Gasteiger partial charge on any atom is 0.244 e. The number of hydrogen-bond donors (Lipinski definition) is 1. The summed E-state index contributed by atoms with van der Waals surface area (Å²) in [5.74, 6) is -0.779. The molecule has 2 aromatic rings. The number of likely N-dealkylation sites (N-methyl/N-ethyl adjacent to an activating group) is 1. The van der Waals surface area contributed by atoms with Crippen molar-refractivity contribution in [1.29, 1.82) is 0 Å². The van der Waals surface area contributed by atoms with Crippen molar-refractivity contribution in [3.05, 3.63) is 59.9 Å². The zero-order chi connectivity index (χ0) is 24.6. The van der Waals surface area contributed by atoms with Crippen LogP contribution in [0.2, 0.25) is 0 Å². The van der Waals surface area contributed by atoms with Crippen LogP contribution in [0.5, 0.6) is 5.75 Å². The van der Waals surface area contributed by atoms with Gasteiger partial charge in [-0.05, 0) is 55.3 Å². The second-order valence-electron chi connectivity index (χ2n) is 7.43. The molecule has 0 saturated heterocycles. The molecule has 2 aromatic carbocycles. The smallest absolute Gasteiger partial charge is 0.244 e. The Bertz CT molecular complexity index is 1040. The minimum absolute atomic E-state index is 0.0228. The summed E-state index contributed by atoms with van der Waals surface area (Å²) in [5.41, 5.74) is 0.905. The number of rotatable bonds is 11. The summed E-state index contributed by atoms with van der Waals surface area (Å²) < 4.78 is 44.5. The van der Waals surface area contributed by atoms with Crippen molar-refractivity contribution in [2.75, 3.05) is 30.8 Å². The Balaban J connectivity index is 2.40. The summed E-state index contributed by atoms with van der Waals surface area (Å²) in [5, 5.41) is 2.72. The average Bonchev–Trinajstić information content (AvgIpc) is 2.78. The first-order valence-corrected chi connectivity index (χ1v) is 12.4. The molecule has 0 spiro atoms. The molecule has 180 valence electrons. The molecule has 0 aliphatic carbocycles. The van der Waals surface area contributed by atoms with Crippen molar-refractivity contribution in [2.45, 2.75) is 32.9 Å². The predicted octanol–water partition coefficient (Wildman–Crippen LogP) is 2.54. The molecule has 0 heterocycles. The number of halogens is 1. The highest BCUT2D eigenvalue weighted by molar-refractivity contribution is 7.92. The number of benzene rings is 2. The van der Waals surface area contributed by atoms with E-state index < -0.39 is 34.3 Å². The molecule has 0 aliphatic heterocycles. The van der Waals surface area contributed by atoms with Crippen LogP contribution in [0.4, 0.5) is 10.1 Å². The standard InChI is InChI=1S/C23H30FN3O5S/c1-5-21(23(29)25-6-2)26(15-17-7-9-18(24)10-8-17)22(28)16-27(33(4,30)31)19-11-13-20(32-3)14-12-19/h7-14,21H,5-6,15-16H2,1-4H3,(H,25,29). The van der Waals surface area contributed by atoms with Gasteiger partial charge in [0.25, 0.3) is 0 Å². The first-order valence-electron chi connectivity index (χ1n) is 10.5. The van der Waals surface area contributed by atoms with E-state index in [1.807, 2.05) is 0 Å². The Morgan fingerprint density at radius 3 is 2.15 bits per heavy atom. The van der Waals surface area contributed by atoms with Crippen LogP contribution in [0, 0.1) is 5.82 Å². The fraction of sp³-hybridized carbons (Fsp3) is 0.391. The van der Waals surface area contributed by atoms with Gasteiger partial charge in [0.1, 0.15) is 24.2 Å². The van der Waals surface area contributed by atoms with Crippen molar-refractivity contribution in [1.82, 2.24) is 10.2 Å². The number of hydrogen-bond acceptors (Lipinski definition) is 5. The lowest BCUT2D eigenvalue weighted by atomic mass is 10.1. The van der Waals surface area contributed by atoms with Crippen LogP contribution in [-0.2, 0) is 26.2 Å². The highest BCUT2D eigenvalue weighted by atomic mass is 32.2. The van der Waals surface area contributed by atoms with E-state index in [1.54, 1.807) is 38.1 Å². The third-order valence-corrected chi connectivity index (χ3v) is 6.18. The minimum Gasteiger partial charge on any atom is -0.497 e. The monoisotopic (exact) mass is 479 g/mol. The van der Waals surface area contributed by atoms with Crippen molar-refractivity contribution < 1.29 is 27.1 Å². The normalized spacial score (nSPS) is 12.0. The summed E-state index contributed by atoms with van der Waals surface area (Å²) in [4.78, 5) is 27.4. The maximum atomic E-state index is 13.4. The number of anilines is 1. The lowest BCUT2D eigenvalue weighted by Gasteiger charge is -2.32. The third kappa shape index (κ3) is 7.18. The highest BCUT2D eigenvalue weighted by Crippen LogP contribution is 2.22. The molecular formula is C23H30FN3O5S. The van der Waals surface area contributed by atoms with Crippen LogP contribution in [0.1, 0.15) is 25.8 Å². The molecule has 0 fully saturated rings. The van der Waals surface area contributed by atoms with E-state index in [0.29, 0.717) is 30.0 Å². The molecule has 0 aromatic heterocycles. The van der Waals surface area contributed by atoms with Crippen molar-refractivity contribution in [3.63, 3.8) is 0 Å². The first kappa shape index (κ1) is 26.1. The number of carbonyl (C=O) groups excluding carboxylic acids is 2. The van der Waals surface area contributed by atoms with Gasteiger partial charge in [0.15, 0.2) is 0 Å². The molecule has 10 heteroatoms. The Morgan fingerprint density at radius 2 is 1.67 bits per heavy atom. The Hall–Kier alpha value is -3.14. The number of methoxy groups -OCH3 is 1. The van der Waals surface area contributed by atoms with Crippen LogP contribution < -0.4 is 14.4 Å². The van der Waals surface area contributed by atoms with Crippen LogP contribution in [0.15, 0.2) is 48.5 Å². The van der Waals surface area contributed by atoms with Gasteiger partial charge in [-0.3, -0.25) is 13.9 Å². The van der Waals surface area contributed by atoms with Crippen LogP contribution in [0.25, 0.3) is 0 Å². The molecule has 8 nitrogen and oxygen atoms in total. The molecule has 0 aliphatic rings. The van der Waals surface area contributed by atoms with Crippen molar-refractivity contribution >= 4 is 27.5 Å². The van der Waals surface area contributed by atoms with Gasteiger partial charge in [0.2, 0.25) is 21.8 Å². The fourth-order valence-electron chi connectivity index (χ4n) is 3.36. The number of amides is 2. The fourth-order valence-corrected chi connectivity index (χ4v) is 4.21. The van der Waals surface area contributed by atoms with Gasteiger partial charge in [-0.15, -0.1) is 0 Å². The quantitative estimate of drug-likeness (QED) is 0.534. The van der Waals surface area contributed by atoms with Crippen molar-refractivity contribution in [3.8, 4) is 5.75 Å². The number of nitrogens with zero attached hydrogens (tertiary/aromatic N) is 2. The molecule has 2 rings (SSSR count). The first-order chi connectivity index (χ1) is 15.6. The Kier molecular flexibility index (Phi) is 9.22. The van der Waals surface area contributed by atoms with Crippen LogP contribution >= 0.6 is 0 Å². The second-order valence-corrected chi connectivity index (χ2v) is 9.34. The van der Waals surface area contributed by atoms with Gasteiger partial charge in [0.05, 0.1) is 19.1 Å². The molecule has 1 unspecified atom stereocenters. The Labute approximate surface area is 194 Å². The van der Waals surface area contributed by atoms with Gasteiger partial charge in [0, 0.05) is 13.1 Å². The zero-order valence-electron chi connectivity index (χ0n) is 19.2. The minimum atomic E-state index is -3.81. The predicted molar refractivity (Wildman–Crippen MR) is 125 cm³/mol. The maximum absolute atomic E-state index is 13.4. The van der Waals surface area contributed by atoms with Gasteiger partial charge in [-0.25, -0.2) is 12.8 Å². The zero-order valence-corrected chi connectivity index (χ0v) is 20.1.